The van der Waals surface area contributed by atoms with Gasteiger partial charge >= 0.3 is 0 Å². The van der Waals surface area contributed by atoms with Crippen LogP contribution in [0.25, 0.3) is 0 Å². The third-order valence-corrected chi connectivity index (χ3v) is 2.84. The summed E-state index contributed by atoms with van der Waals surface area (Å²) in [6.45, 7) is 3.71. The summed E-state index contributed by atoms with van der Waals surface area (Å²) in [5.74, 6) is 1.36. The Bertz CT molecular complexity index is 305. The van der Waals surface area contributed by atoms with E-state index in [2.05, 4.69) is 4.98 Å². The van der Waals surface area contributed by atoms with Gasteiger partial charge in [-0.3, -0.25) is 0 Å². The van der Waals surface area contributed by atoms with E-state index < -0.39 is 0 Å². The van der Waals surface area contributed by atoms with E-state index in [-0.39, 0.29) is 12.5 Å². The van der Waals surface area contributed by atoms with Gasteiger partial charge in [0.1, 0.15) is 6.26 Å². The molecule has 2 unspecified atom stereocenters. The number of nitrogens with zero attached hydrogens (tertiary/aromatic N) is 1. The Morgan fingerprint density at radius 3 is 3.20 bits per heavy atom. The Morgan fingerprint density at radius 1 is 1.67 bits per heavy atom. The van der Waals surface area contributed by atoms with Gasteiger partial charge in [0.05, 0.1) is 12.3 Å². The molecule has 0 amide bonds. The number of aromatic nitrogens is 1. The molecule has 84 valence electrons. The van der Waals surface area contributed by atoms with Crippen LogP contribution in [-0.4, -0.2) is 29.9 Å². The van der Waals surface area contributed by atoms with Gasteiger partial charge in [-0.2, -0.15) is 0 Å². The molecule has 0 aromatic carbocycles. The minimum atomic E-state index is 0.0577. The third-order valence-electron chi connectivity index (χ3n) is 2.84. The third kappa shape index (κ3) is 2.58. The molecule has 1 N–H and O–H groups in total. The van der Waals surface area contributed by atoms with E-state index >= 15 is 0 Å². The molecule has 1 aromatic rings. The Balaban J connectivity index is 1.94. The smallest absolute Gasteiger partial charge is 0.194 e. The number of oxazole rings is 1. The van der Waals surface area contributed by atoms with Crippen molar-refractivity contribution in [3.8, 4) is 0 Å². The number of hydrogen-bond acceptors (Lipinski definition) is 4. The molecule has 1 saturated heterocycles. The van der Waals surface area contributed by atoms with Crippen LogP contribution in [-0.2, 0) is 11.2 Å². The second kappa shape index (κ2) is 4.77. The summed E-state index contributed by atoms with van der Waals surface area (Å²) in [6, 6.07) is 0. The molecule has 2 atom stereocenters. The fraction of sp³-hybridized carbons (Fsp3) is 0.727. The lowest BCUT2D eigenvalue weighted by molar-refractivity contribution is 0.184. The highest BCUT2D eigenvalue weighted by Gasteiger charge is 2.19. The lowest BCUT2D eigenvalue weighted by Crippen LogP contribution is -2.04. The molecular formula is C11H17NO3. The van der Waals surface area contributed by atoms with Crippen LogP contribution in [0, 0.1) is 5.92 Å². The number of aliphatic hydroxyl groups is 1. The SMILES string of the molecule is CC(CO)c1coc(CC2CCOC2)n1. The summed E-state index contributed by atoms with van der Waals surface area (Å²) in [5, 5.41) is 8.98. The maximum Gasteiger partial charge on any atom is 0.194 e. The van der Waals surface area contributed by atoms with Crippen LogP contribution in [0.1, 0.15) is 30.8 Å². The molecule has 4 heteroatoms. The van der Waals surface area contributed by atoms with Gasteiger partial charge in [0.2, 0.25) is 0 Å². The summed E-state index contributed by atoms with van der Waals surface area (Å²) >= 11 is 0. The number of hydrogen-bond donors (Lipinski definition) is 1. The predicted molar refractivity (Wildman–Crippen MR) is 54.6 cm³/mol. The quantitative estimate of drug-likeness (QED) is 0.816. The molecule has 1 aliphatic rings. The fourth-order valence-corrected chi connectivity index (χ4v) is 1.73. The number of rotatable bonds is 4. The average Bonchev–Trinajstić information content (AvgIpc) is 2.88. The first-order chi connectivity index (χ1) is 7.29. The Labute approximate surface area is 89.3 Å². The molecule has 0 bridgehead atoms. The molecular weight excluding hydrogens is 194 g/mol. The summed E-state index contributed by atoms with van der Waals surface area (Å²) < 4.78 is 10.7. The zero-order chi connectivity index (χ0) is 10.7. The molecule has 1 aromatic heterocycles. The summed E-state index contributed by atoms with van der Waals surface area (Å²) in [6.07, 6.45) is 3.58. The molecule has 4 nitrogen and oxygen atoms in total. The molecule has 1 fully saturated rings. The van der Waals surface area contributed by atoms with E-state index in [0.717, 1.165) is 37.6 Å². The van der Waals surface area contributed by atoms with E-state index in [1.165, 1.54) is 0 Å². The summed E-state index contributed by atoms with van der Waals surface area (Å²) in [7, 11) is 0. The zero-order valence-electron chi connectivity index (χ0n) is 8.98. The van der Waals surface area contributed by atoms with Crippen molar-refractivity contribution in [1.29, 1.82) is 0 Å². The van der Waals surface area contributed by atoms with E-state index in [9.17, 15) is 0 Å². The van der Waals surface area contributed by atoms with E-state index in [1.54, 1.807) is 6.26 Å². The summed E-state index contributed by atoms with van der Waals surface area (Å²) in [5.41, 5.74) is 0.839. The van der Waals surface area contributed by atoms with Gasteiger partial charge in [-0.25, -0.2) is 4.98 Å². The molecule has 2 rings (SSSR count). The Morgan fingerprint density at radius 2 is 2.53 bits per heavy atom. The fourth-order valence-electron chi connectivity index (χ4n) is 1.73. The van der Waals surface area contributed by atoms with Crippen LogP contribution in [0.5, 0.6) is 0 Å². The first kappa shape index (κ1) is 10.6. The highest BCUT2D eigenvalue weighted by Crippen LogP contribution is 2.20. The maximum absolute atomic E-state index is 8.98. The van der Waals surface area contributed by atoms with Crippen LogP contribution in [0.2, 0.25) is 0 Å². The van der Waals surface area contributed by atoms with Crippen LogP contribution >= 0.6 is 0 Å². The highest BCUT2D eigenvalue weighted by atomic mass is 16.5. The lowest BCUT2D eigenvalue weighted by Gasteiger charge is -2.03. The topological polar surface area (TPSA) is 55.5 Å². The molecule has 0 saturated carbocycles. The Hall–Kier alpha value is -0.870. The first-order valence-electron chi connectivity index (χ1n) is 5.42. The van der Waals surface area contributed by atoms with Crippen molar-refractivity contribution in [1.82, 2.24) is 4.98 Å². The van der Waals surface area contributed by atoms with Crippen LogP contribution in [0.3, 0.4) is 0 Å². The van der Waals surface area contributed by atoms with E-state index in [4.69, 9.17) is 14.3 Å². The van der Waals surface area contributed by atoms with Gasteiger partial charge in [0, 0.05) is 25.6 Å². The monoisotopic (exact) mass is 211 g/mol. The first-order valence-corrected chi connectivity index (χ1v) is 5.42. The van der Waals surface area contributed by atoms with Crippen molar-refractivity contribution in [2.45, 2.75) is 25.7 Å². The minimum Gasteiger partial charge on any atom is -0.449 e. The van der Waals surface area contributed by atoms with Crippen LogP contribution < -0.4 is 0 Å². The normalized spacial score (nSPS) is 23.2. The molecule has 0 radical (unpaired) electrons. The van der Waals surface area contributed by atoms with Crippen molar-refractivity contribution in [2.24, 2.45) is 5.92 Å². The van der Waals surface area contributed by atoms with E-state index in [0.29, 0.717) is 5.92 Å². The maximum atomic E-state index is 8.98. The number of ether oxygens (including phenoxy) is 1. The molecule has 0 spiro atoms. The predicted octanol–water partition coefficient (Wildman–Crippen LogP) is 1.35. The van der Waals surface area contributed by atoms with Gasteiger partial charge in [-0.1, -0.05) is 6.92 Å². The molecule has 1 aliphatic heterocycles. The van der Waals surface area contributed by atoms with Crippen LogP contribution in [0.15, 0.2) is 10.7 Å². The Kier molecular flexibility index (Phi) is 3.38. The minimum absolute atomic E-state index is 0.0577. The van der Waals surface area contributed by atoms with Crippen LogP contribution in [0.4, 0.5) is 0 Å². The second-order valence-electron chi connectivity index (χ2n) is 4.18. The van der Waals surface area contributed by atoms with Crippen molar-refractivity contribution in [3.63, 3.8) is 0 Å². The lowest BCUT2D eigenvalue weighted by atomic mass is 10.1. The van der Waals surface area contributed by atoms with Crippen molar-refractivity contribution in [2.75, 3.05) is 19.8 Å². The largest absolute Gasteiger partial charge is 0.449 e. The number of aliphatic hydroxyl groups excluding tert-OH is 1. The molecule has 2 heterocycles. The standard InChI is InChI=1S/C11H17NO3/c1-8(5-13)10-7-15-11(12-10)4-9-2-3-14-6-9/h7-9,13H,2-6H2,1H3. The van der Waals surface area contributed by atoms with Gasteiger partial charge in [-0.15, -0.1) is 0 Å². The van der Waals surface area contributed by atoms with Crippen molar-refractivity contribution < 1.29 is 14.3 Å². The van der Waals surface area contributed by atoms with Gasteiger partial charge in [0.15, 0.2) is 5.89 Å². The molecule has 15 heavy (non-hydrogen) atoms. The molecule has 0 aliphatic carbocycles. The second-order valence-corrected chi connectivity index (χ2v) is 4.18. The average molecular weight is 211 g/mol. The van der Waals surface area contributed by atoms with Crippen molar-refractivity contribution in [3.05, 3.63) is 17.8 Å². The summed E-state index contributed by atoms with van der Waals surface area (Å²) in [4.78, 5) is 4.36. The zero-order valence-corrected chi connectivity index (χ0v) is 8.98. The van der Waals surface area contributed by atoms with Gasteiger partial charge < -0.3 is 14.3 Å². The van der Waals surface area contributed by atoms with Gasteiger partial charge in [-0.05, 0) is 12.3 Å². The highest BCUT2D eigenvalue weighted by molar-refractivity contribution is 5.03. The van der Waals surface area contributed by atoms with Gasteiger partial charge in [0.25, 0.3) is 0 Å². The van der Waals surface area contributed by atoms with E-state index in [1.807, 2.05) is 6.92 Å². The van der Waals surface area contributed by atoms with Crippen molar-refractivity contribution >= 4 is 0 Å².